The van der Waals surface area contributed by atoms with Crippen molar-refractivity contribution >= 4 is 50.1 Å². The van der Waals surface area contributed by atoms with Crippen molar-refractivity contribution in [3.8, 4) is 0 Å². The van der Waals surface area contributed by atoms with Crippen LogP contribution in [-0.2, 0) is 22.6 Å². The molecule has 1 fully saturated rings. The first kappa shape index (κ1) is 22.0. The van der Waals surface area contributed by atoms with E-state index in [4.69, 9.17) is 4.98 Å². The Labute approximate surface area is 201 Å². The van der Waals surface area contributed by atoms with Gasteiger partial charge in [0, 0.05) is 18.4 Å². The number of rotatable bonds is 6. The van der Waals surface area contributed by atoms with Crippen molar-refractivity contribution in [2.75, 3.05) is 9.80 Å². The number of imide groups is 1. The van der Waals surface area contributed by atoms with E-state index in [2.05, 4.69) is 19.1 Å². The molecular weight excluding hydrogens is 446 g/mol. The van der Waals surface area contributed by atoms with Gasteiger partial charge in [0.1, 0.15) is 0 Å². The normalized spacial score (nSPS) is 13.6. The Balaban J connectivity index is 1.49. The third-order valence-electron chi connectivity index (χ3n) is 5.93. The molecule has 1 aliphatic rings. The zero-order valence-corrected chi connectivity index (χ0v) is 19.5. The predicted molar refractivity (Wildman–Crippen MR) is 134 cm³/mol. The van der Waals surface area contributed by atoms with Gasteiger partial charge in [-0.1, -0.05) is 54.7 Å². The van der Waals surface area contributed by atoms with Gasteiger partial charge in [-0.15, -0.1) is 0 Å². The molecule has 1 saturated heterocycles. The Kier molecular flexibility index (Phi) is 5.94. The Morgan fingerprint density at radius 3 is 2.32 bits per heavy atom. The van der Waals surface area contributed by atoms with Crippen LogP contribution < -0.4 is 9.80 Å². The van der Waals surface area contributed by atoms with Gasteiger partial charge in [0.2, 0.25) is 11.8 Å². The summed E-state index contributed by atoms with van der Waals surface area (Å²) in [6, 6.07) is 22.6. The van der Waals surface area contributed by atoms with Crippen LogP contribution in [-0.4, -0.2) is 22.7 Å². The van der Waals surface area contributed by atoms with E-state index < -0.39 is 0 Å². The maximum absolute atomic E-state index is 13.7. The number of aryl methyl sites for hydroxylation is 1. The third-order valence-corrected chi connectivity index (χ3v) is 6.97. The quantitative estimate of drug-likeness (QED) is 0.357. The highest BCUT2D eigenvalue weighted by molar-refractivity contribution is 7.22. The molecule has 170 valence electrons. The molecule has 0 aliphatic carbocycles. The lowest BCUT2D eigenvalue weighted by molar-refractivity contribution is -0.121. The highest BCUT2D eigenvalue weighted by atomic mass is 32.1. The topological polar surface area (TPSA) is 70.6 Å². The van der Waals surface area contributed by atoms with E-state index in [1.165, 1.54) is 21.8 Å². The fraction of sp³-hybridized carbons (Fsp3) is 0.185. The second kappa shape index (κ2) is 9.19. The number of carbonyl (C=O) groups is 3. The number of amides is 3. The molecule has 34 heavy (non-hydrogen) atoms. The summed E-state index contributed by atoms with van der Waals surface area (Å²) in [7, 11) is 0. The van der Waals surface area contributed by atoms with Crippen LogP contribution >= 0.6 is 11.3 Å². The van der Waals surface area contributed by atoms with Crippen molar-refractivity contribution in [1.29, 1.82) is 0 Å². The number of anilines is 2. The molecule has 3 amide bonds. The molecule has 0 saturated carbocycles. The smallest absolute Gasteiger partial charge is 0.260 e. The maximum atomic E-state index is 13.7. The van der Waals surface area contributed by atoms with E-state index in [1.54, 1.807) is 29.2 Å². The van der Waals surface area contributed by atoms with Gasteiger partial charge in [-0.3, -0.25) is 24.2 Å². The van der Waals surface area contributed by atoms with E-state index in [1.807, 2.05) is 36.4 Å². The summed E-state index contributed by atoms with van der Waals surface area (Å²) in [5.74, 6) is -0.615. The van der Waals surface area contributed by atoms with Crippen molar-refractivity contribution in [2.45, 2.75) is 32.7 Å². The molecule has 0 radical (unpaired) electrons. The molecule has 2 heterocycles. The number of hydrogen-bond donors (Lipinski definition) is 0. The summed E-state index contributed by atoms with van der Waals surface area (Å²) in [5.41, 5.74) is 4.04. The lowest BCUT2D eigenvalue weighted by atomic mass is 10.1. The van der Waals surface area contributed by atoms with Crippen molar-refractivity contribution in [3.05, 3.63) is 89.5 Å². The Morgan fingerprint density at radius 1 is 0.941 bits per heavy atom. The molecule has 0 spiro atoms. The van der Waals surface area contributed by atoms with Gasteiger partial charge < -0.3 is 0 Å². The number of benzene rings is 3. The van der Waals surface area contributed by atoms with Crippen LogP contribution in [0, 0.1) is 0 Å². The molecule has 4 aromatic rings. The SMILES string of the molecule is CCc1ccc2nc(N(Cc3ccccc3)C(=O)c3ccc(N4C(=O)CCC4=O)cc3)sc2c1. The molecule has 1 aliphatic heterocycles. The lowest BCUT2D eigenvalue weighted by Gasteiger charge is -2.21. The van der Waals surface area contributed by atoms with Gasteiger partial charge in [-0.05, 0) is 53.9 Å². The van der Waals surface area contributed by atoms with Crippen LogP contribution in [0.25, 0.3) is 10.2 Å². The molecule has 7 heteroatoms. The zero-order valence-electron chi connectivity index (χ0n) is 18.7. The maximum Gasteiger partial charge on any atom is 0.260 e. The number of aromatic nitrogens is 1. The van der Waals surface area contributed by atoms with E-state index in [9.17, 15) is 14.4 Å². The number of fused-ring (bicyclic) bond motifs is 1. The minimum Gasteiger partial charge on any atom is -0.279 e. The molecule has 0 atom stereocenters. The van der Waals surface area contributed by atoms with Gasteiger partial charge in [0.15, 0.2) is 5.13 Å². The summed E-state index contributed by atoms with van der Waals surface area (Å²) in [6.45, 7) is 2.49. The second-order valence-electron chi connectivity index (χ2n) is 8.20. The second-order valence-corrected chi connectivity index (χ2v) is 9.21. The number of thiazole rings is 1. The summed E-state index contributed by atoms with van der Waals surface area (Å²) in [6.07, 6.45) is 1.38. The van der Waals surface area contributed by atoms with Crippen LogP contribution in [0.3, 0.4) is 0 Å². The molecule has 0 unspecified atom stereocenters. The molecule has 1 aromatic heterocycles. The van der Waals surface area contributed by atoms with Crippen molar-refractivity contribution < 1.29 is 14.4 Å². The van der Waals surface area contributed by atoms with Crippen molar-refractivity contribution in [3.63, 3.8) is 0 Å². The Bertz CT molecular complexity index is 1360. The highest BCUT2D eigenvalue weighted by Crippen LogP contribution is 2.32. The van der Waals surface area contributed by atoms with E-state index >= 15 is 0 Å². The first-order valence-electron chi connectivity index (χ1n) is 11.2. The van der Waals surface area contributed by atoms with E-state index in [-0.39, 0.29) is 30.6 Å². The number of hydrogen-bond acceptors (Lipinski definition) is 5. The first-order chi connectivity index (χ1) is 16.5. The Morgan fingerprint density at radius 2 is 1.65 bits per heavy atom. The monoisotopic (exact) mass is 469 g/mol. The largest absolute Gasteiger partial charge is 0.279 e. The van der Waals surface area contributed by atoms with E-state index in [0.717, 1.165) is 22.2 Å². The lowest BCUT2D eigenvalue weighted by Crippen LogP contribution is -2.31. The van der Waals surface area contributed by atoms with Crippen LogP contribution in [0.4, 0.5) is 10.8 Å². The molecule has 0 N–H and O–H groups in total. The van der Waals surface area contributed by atoms with Crippen LogP contribution in [0.15, 0.2) is 72.8 Å². The Hall–Kier alpha value is -3.84. The summed E-state index contributed by atoms with van der Waals surface area (Å²) in [4.78, 5) is 45.4. The van der Waals surface area contributed by atoms with Gasteiger partial charge in [0.05, 0.1) is 22.4 Å². The van der Waals surface area contributed by atoms with Crippen molar-refractivity contribution in [1.82, 2.24) is 4.98 Å². The molecule has 3 aromatic carbocycles. The molecular formula is C27H23N3O3S. The van der Waals surface area contributed by atoms with Crippen LogP contribution in [0.1, 0.15) is 41.3 Å². The average molecular weight is 470 g/mol. The van der Waals surface area contributed by atoms with E-state index in [0.29, 0.717) is 22.9 Å². The minimum atomic E-state index is -0.212. The minimum absolute atomic E-state index is 0.191. The van der Waals surface area contributed by atoms with Gasteiger partial charge >= 0.3 is 0 Å². The molecule has 0 bridgehead atoms. The van der Waals surface area contributed by atoms with Gasteiger partial charge in [-0.25, -0.2) is 4.98 Å². The van der Waals surface area contributed by atoms with Gasteiger partial charge in [-0.2, -0.15) is 0 Å². The first-order valence-corrected chi connectivity index (χ1v) is 12.1. The summed E-state index contributed by atoms with van der Waals surface area (Å²) in [5, 5.41) is 0.631. The van der Waals surface area contributed by atoms with Crippen molar-refractivity contribution in [2.24, 2.45) is 0 Å². The average Bonchev–Trinajstić information content (AvgIpc) is 3.44. The highest BCUT2D eigenvalue weighted by Gasteiger charge is 2.30. The standard InChI is InChI=1S/C27H23N3O3S/c1-2-18-8-13-22-23(16-18)34-27(28-22)29(17-19-6-4-3-5-7-19)26(33)20-9-11-21(12-10-20)30-24(31)14-15-25(30)32/h3-13,16H,2,14-15,17H2,1H3. The number of carbonyl (C=O) groups excluding carboxylic acids is 3. The molecule has 6 nitrogen and oxygen atoms in total. The predicted octanol–water partition coefficient (Wildman–Crippen LogP) is 5.36. The fourth-order valence-electron chi connectivity index (χ4n) is 4.06. The number of nitrogens with zero attached hydrogens (tertiary/aromatic N) is 3. The summed E-state index contributed by atoms with van der Waals surface area (Å²) >= 11 is 1.50. The third kappa shape index (κ3) is 4.22. The van der Waals surface area contributed by atoms with Crippen LogP contribution in [0.2, 0.25) is 0 Å². The zero-order chi connectivity index (χ0) is 23.7. The van der Waals surface area contributed by atoms with Crippen LogP contribution in [0.5, 0.6) is 0 Å². The molecule has 5 rings (SSSR count). The fourth-order valence-corrected chi connectivity index (χ4v) is 5.08. The van der Waals surface area contributed by atoms with Gasteiger partial charge in [0.25, 0.3) is 5.91 Å². The summed E-state index contributed by atoms with van der Waals surface area (Å²) < 4.78 is 1.04.